The van der Waals surface area contributed by atoms with E-state index in [2.05, 4.69) is 20.7 Å². The molecule has 0 saturated carbocycles. The van der Waals surface area contributed by atoms with Crippen LogP contribution in [0.1, 0.15) is 16.1 Å². The summed E-state index contributed by atoms with van der Waals surface area (Å²) < 4.78 is 0. The molecule has 2 rings (SSSR count). The fourth-order valence-electron chi connectivity index (χ4n) is 1.39. The molecule has 0 radical (unpaired) electrons. The van der Waals surface area contributed by atoms with Crippen molar-refractivity contribution in [3.8, 4) is 0 Å². The highest BCUT2D eigenvalue weighted by Crippen LogP contribution is 2.09. The van der Waals surface area contributed by atoms with E-state index in [9.17, 15) is 4.79 Å². The number of rotatable bonds is 4. The molecule has 2 aromatic rings. The number of anilines is 1. The van der Waals surface area contributed by atoms with Gasteiger partial charge in [0, 0.05) is 11.6 Å². The number of carbonyl (C=O) groups excluding carboxylic acids is 1. The topological polar surface area (TPSA) is 92.9 Å². The predicted molar refractivity (Wildman–Crippen MR) is 72.5 cm³/mol. The third kappa shape index (κ3) is 3.64. The molecule has 1 heterocycles. The van der Waals surface area contributed by atoms with Gasteiger partial charge in [0.25, 0.3) is 5.91 Å². The van der Waals surface area contributed by atoms with E-state index in [4.69, 9.17) is 17.4 Å². The molecule has 0 unspecified atom stereocenters. The minimum atomic E-state index is -0.300. The summed E-state index contributed by atoms with van der Waals surface area (Å²) in [6.07, 6.45) is 2.74. The quantitative estimate of drug-likeness (QED) is 0.579. The third-order valence-electron chi connectivity index (χ3n) is 2.40. The first-order chi connectivity index (χ1) is 9.19. The fourth-order valence-corrected chi connectivity index (χ4v) is 1.52. The second kappa shape index (κ2) is 6.12. The SMILES string of the molecule is NNc1cnc(C(=O)NCc2ccc(Cl)cc2)cn1. The number of amides is 1. The molecule has 0 spiro atoms. The highest BCUT2D eigenvalue weighted by molar-refractivity contribution is 6.30. The second-order valence-electron chi connectivity index (χ2n) is 3.74. The first kappa shape index (κ1) is 13.3. The van der Waals surface area contributed by atoms with Gasteiger partial charge in [-0.05, 0) is 17.7 Å². The van der Waals surface area contributed by atoms with Crippen LogP contribution in [0.2, 0.25) is 5.02 Å². The Bertz CT molecular complexity index is 555. The van der Waals surface area contributed by atoms with Crippen LogP contribution >= 0.6 is 11.6 Å². The van der Waals surface area contributed by atoms with Crippen molar-refractivity contribution in [3.05, 3.63) is 52.9 Å². The van der Waals surface area contributed by atoms with Gasteiger partial charge in [0.1, 0.15) is 5.69 Å². The van der Waals surface area contributed by atoms with Gasteiger partial charge in [-0.3, -0.25) is 4.79 Å². The fraction of sp³-hybridized carbons (Fsp3) is 0.0833. The average Bonchev–Trinajstić information content (AvgIpc) is 2.46. The summed E-state index contributed by atoms with van der Waals surface area (Å²) in [5.74, 6) is 5.26. The number of nitrogen functional groups attached to an aromatic ring is 1. The number of nitrogens with zero attached hydrogens (tertiary/aromatic N) is 2. The summed E-state index contributed by atoms with van der Waals surface area (Å²) >= 11 is 5.78. The van der Waals surface area contributed by atoms with Crippen LogP contribution in [0.4, 0.5) is 5.82 Å². The molecule has 98 valence electrons. The molecule has 1 amide bonds. The van der Waals surface area contributed by atoms with Crippen molar-refractivity contribution in [3.63, 3.8) is 0 Å². The molecule has 0 aliphatic carbocycles. The number of hydrogen-bond acceptors (Lipinski definition) is 5. The lowest BCUT2D eigenvalue weighted by Crippen LogP contribution is -2.24. The summed E-state index contributed by atoms with van der Waals surface area (Å²) in [5, 5.41) is 3.39. The van der Waals surface area contributed by atoms with Gasteiger partial charge in [0.05, 0.1) is 12.4 Å². The predicted octanol–water partition coefficient (Wildman–Crippen LogP) is 1.35. The number of carbonyl (C=O) groups is 1. The molecule has 0 aliphatic rings. The number of hydrogen-bond donors (Lipinski definition) is 3. The largest absolute Gasteiger partial charge is 0.347 e. The number of benzene rings is 1. The van der Waals surface area contributed by atoms with Gasteiger partial charge in [-0.15, -0.1) is 0 Å². The Morgan fingerprint density at radius 3 is 2.53 bits per heavy atom. The van der Waals surface area contributed by atoms with Crippen LogP contribution in [-0.4, -0.2) is 15.9 Å². The zero-order valence-electron chi connectivity index (χ0n) is 9.93. The molecule has 0 aliphatic heterocycles. The first-order valence-corrected chi connectivity index (χ1v) is 5.88. The lowest BCUT2D eigenvalue weighted by atomic mass is 10.2. The normalized spacial score (nSPS) is 10.0. The van der Waals surface area contributed by atoms with Crippen LogP contribution < -0.4 is 16.6 Å². The maximum atomic E-state index is 11.8. The van der Waals surface area contributed by atoms with Gasteiger partial charge < -0.3 is 10.7 Å². The number of nitrogens with two attached hydrogens (primary N) is 1. The second-order valence-corrected chi connectivity index (χ2v) is 4.18. The average molecular weight is 278 g/mol. The van der Waals surface area contributed by atoms with Crippen molar-refractivity contribution < 1.29 is 4.79 Å². The lowest BCUT2D eigenvalue weighted by molar-refractivity contribution is 0.0945. The van der Waals surface area contributed by atoms with E-state index in [1.807, 2.05) is 12.1 Å². The van der Waals surface area contributed by atoms with E-state index in [1.54, 1.807) is 12.1 Å². The van der Waals surface area contributed by atoms with Gasteiger partial charge in [-0.2, -0.15) is 0 Å². The van der Waals surface area contributed by atoms with Crippen LogP contribution in [0.5, 0.6) is 0 Å². The number of aromatic nitrogens is 2. The summed E-state index contributed by atoms with van der Waals surface area (Å²) in [5.41, 5.74) is 3.52. The van der Waals surface area contributed by atoms with Crippen molar-refractivity contribution in [2.75, 3.05) is 5.43 Å². The molecule has 0 fully saturated rings. The van der Waals surface area contributed by atoms with E-state index in [0.717, 1.165) is 5.56 Å². The van der Waals surface area contributed by atoms with Gasteiger partial charge in [-0.1, -0.05) is 23.7 Å². The van der Waals surface area contributed by atoms with Crippen molar-refractivity contribution in [1.82, 2.24) is 15.3 Å². The maximum absolute atomic E-state index is 11.8. The zero-order valence-corrected chi connectivity index (χ0v) is 10.7. The van der Waals surface area contributed by atoms with Crippen molar-refractivity contribution >= 4 is 23.3 Å². The molecule has 19 heavy (non-hydrogen) atoms. The molecule has 0 atom stereocenters. The van der Waals surface area contributed by atoms with Crippen molar-refractivity contribution in [1.29, 1.82) is 0 Å². The van der Waals surface area contributed by atoms with Crippen LogP contribution in [0.3, 0.4) is 0 Å². The van der Waals surface area contributed by atoms with Gasteiger partial charge >= 0.3 is 0 Å². The first-order valence-electron chi connectivity index (χ1n) is 5.50. The third-order valence-corrected chi connectivity index (χ3v) is 2.65. The Morgan fingerprint density at radius 2 is 1.95 bits per heavy atom. The molecule has 0 bridgehead atoms. The smallest absolute Gasteiger partial charge is 0.271 e. The molecule has 6 nitrogen and oxygen atoms in total. The molecule has 4 N–H and O–H groups in total. The zero-order chi connectivity index (χ0) is 13.7. The molecular formula is C12H12ClN5O. The summed E-state index contributed by atoms with van der Waals surface area (Å²) in [6.45, 7) is 0.397. The standard InChI is InChI=1S/C12H12ClN5O/c13-9-3-1-8(2-4-9)5-17-12(19)10-6-16-11(18-14)7-15-10/h1-4,6-7H,5,14H2,(H,16,18)(H,17,19). The Kier molecular flexibility index (Phi) is 4.27. The van der Waals surface area contributed by atoms with Gasteiger partial charge in [0.15, 0.2) is 5.82 Å². The van der Waals surface area contributed by atoms with E-state index in [1.165, 1.54) is 12.4 Å². The molecular weight excluding hydrogens is 266 g/mol. The Morgan fingerprint density at radius 1 is 1.21 bits per heavy atom. The van der Waals surface area contributed by atoms with E-state index < -0.39 is 0 Å². The van der Waals surface area contributed by atoms with Crippen LogP contribution in [0, 0.1) is 0 Å². The Balaban J connectivity index is 1.95. The summed E-state index contributed by atoms with van der Waals surface area (Å²) in [7, 11) is 0. The highest BCUT2D eigenvalue weighted by Gasteiger charge is 2.07. The molecule has 7 heteroatoms. The minimum absolute atomic E-state index is 0.230. The monoisotopic (exact) mass is 277 g/mol. The summed E-state index contributed by atoms with van der Waals surface area (Å²) in [4.78, 5) is 19.6. The van der Waals surface area contributed by atoms with Gasteiger partial charge in [-0.25, -0.2) is 15.8 Å². The van der Waals surface area contributed by atoms with E-state index in [-0.39, 0.29) is 11.6 Å². The van der Waals surface area contributed by atoms with Crippen LogP contribution in [0.15, 0.2) is 36.7 Å². The Labute approximate surface area is 115 Å². The molecule has 0 saturated heterocycles. The summed E-state index contributed by atoms with van der Waals surface area (Å²) in [6, 6.07) is 7.22. The maximum Gasteiger partial charge on any atom is 0.271 e. The Hall–Kier alpha value is -2.18. The van der Waals surface area contributed by atoms with Crippen molar-refractivity contribution in [2.45, 2.75) is 6.54 Å². The number of nitrogens with one attached hydrogen (secondary N) is 2. The minimum Gasteiger partial charge on any atom is -0.347 e. The molecule has 1 aromatic carbocycles. The van der Waals surface area contributed by atoms with Gasteiger partial charge in [0.2, 0.25) is 0 Å². The number of halogens is 1. The van der Waals surface area contributed by atoms with Crippen molar-refractivity contribution in [2.24, 2.45) is 5.84 Å². The number of hydrazine groups is 1. The highest BCUT2D eigenvalue weighted by atomic mass is 35.5. The van der Waals surface area contributed by atoms with Crippen LogP contribution in [0.25, 0.3) is 0 Å². The van der Waals surface area contributed by atoms with Crippen LogP contribution in [-0.2, 0) is 6.54 Å². The molecule has 1 aromatic heterocycles. The van der Waals surface area contributed by atoms with E-state index in [0.29, 0.717) is 17.4 Å². The lowest BCUT2D eigenvalue weighted by Gasteiger charge is -2.05. The van der Waals surface area contributed by atoms with E-state index >= 15 is 0 Å².